The largest absolute Gasteiger partial charge is 0.355 e. The van der Waals surface area contributed by atoms with Gasteiger partial charge in [-0.15, -0.1) is 0 Å². The van der Waals surface area contributed by atoms with Crippen LogP contribution in [0.3, 0.4) is 0 Å². The van der Waals surface area contributed by atoms with Crippen molar-refractivity contribution in [3.63, 3.8) is 0 Å². The topological polar surface area (TPSA) is 78.0 Å². The Labute approximate surface area is 171 Å². The fourth-order valence-corrected chi connectivity index (χ4v) is 3.87. The Morgan fingerprint density at radius 3 is 2.90 bits per heavy atom. The van der Waals surface area contributed by atoms with Crippen LogP contribution in [0, 0.1) is 5.41 Å². The lowest BCUT2D eigenvalue weighted by Crippen LogP contribution is -2.31. The highest BCUT2D eigenvalue weighted by atomic mass is 16.1. The molecule has 0 radical (unpaired) electrons. The molecule has 0 spiro atoms. The molecular formula is C22H28N6O. The van der Waals surface area contributed by atoms with Gasteiger partial charge in [-0.25, -0.2) is 15.0 Å². The van der Waals surface area contributed by atoms with E-state index in [1.807, 2.05) is 32.3 Å². The fourth-order valence-electron chi connectivity index (χ4n) is 3.87. The van der Waals surface area contributed by atoms with Crippen LogP contribution in [0.2, 0.25) is 0 Å². The molecule has 1 unspecified atom stereocenters. The number of nitrogens with zero attached hydrogens (tertiary/aromatic N) is 5. The van der Waals surface area contributed by atoms with E-state index in [4.69, 9.17) is 4.98 Å². The Balaban J connectivity index is 1.64. The van der Waals surface area contributed by atoms with E-state index in [-0.39, 0.29) is 0 Å². The van der Waals surface area contributed by atoms with Crippen molar-refractivity contribution in [2.75, 3.05) is 32.1 Å². The standard InChI is InChI=1S/C22H28N6O/c1-22(2,14-29)10-16-11-24-21-20(16)26-18(12-25-21)15-5-7-23-19(9-15)28-8-6-17(13-28)27(3)4/h5,7,9,11-12,14,17H,6,8,10,13H2,1-4H3,(H,24,25). The predicted molar refractivity (Wildman–Crippen MR) is 115 cm³/mol. The first-order chi connectivity index (χ1) is 13.9. The molecule has 3 aromatic heterocycles. The predicted octanol–water partition coefficient (Wildman–Crippen LogP) is 2.93. The third kappa shape index (κ3) is 4.00. The zero-order valence-electron chi connectivity index (χ0n) is 17.5. The van der Waals surface area contributed by atoms with Crippen LogP contribution in [0.1, 0.15) is 25.8 Å². The molecule has 0 bridgehead atoms. The van der Waals surface area contributed by atoms with Crippen LogP contribution in [0.15, 0.2) is 30.7 Å². The second-order valence-electron chi connectivity index (χ2n) is 8.80. The van der Waals surface area contributed by atoms with Gasteiger partial charge < -0.3 is 19.6 Å². The van der Waals surface area contributed by atoms with Gasteiger partial charge in [0.1, 0.15) is 17.6 Å². The molecular weight excluding hydrogens is 364 g/mol. The second-order valence-corrected chi connectivity index (χ2v) is 8.80. The first-order valence-electron chi connectivity index (χ1n) is 10.0. The molecule has 1 aliphatic rings. The van der Waals surface area contributed by atoms with Gasteiger partial charge in [-0.05, 0) is 44.6 Å². The summed E-state index contributed by atoms with van der Waals surface area (Å²) in [6.07, 6.45) is 8.30. The van der Waals surface area contributed by atoms with Gasteiger partial charge in [-0.3, -0.25) is 0 Å². The average molecular weight is 393 g/mol. The first-order valence-corrected chi connectivity index (χ1v) is 10.0. The molecule has 4 rings (SSSR count). The van der Waals surface area contributed by atoms with E-state index in [9.17, 15) is 4.79 Å². The molecule has 29 heavy (non-hydrogen) atoms. The summed E-state index contributed by atoms with van der Waals surface area (Å²) in [5, 5.41) is 0. The summed E-state index contributed by atoms with van der Waals surface area (Å²) in [6.45, 7) is 5.86. The Morgan fingerprint density at radius 1 is 1.34 bits per heavy atom. The molecule has 4 heterocycles. The molecule has 1 atom stereocenters. The van der Waals surface area contributed by atoms with Crippen molar-refractivity contribution in [1.82, 2.24) is 24.8 Å². The molecule has 0 aliphatic carbocycles. The number of pyridine rings is 1. The second kappa shape index (κ2) is 7.55. The van der Waals surface area contributed by atoms with Crippen LogP contribution in [0.25, 0.3) is 22.4 Å². The number of H-pyrrole nitrogens is 1. The maximum atomic E-state index is 11.3. The van der Waals surface area contributed by atoms with Crippen LogP contribution in [-0.2, 0) is 11.2 Å². The molecule has 3 aromatic rings. The summed E-state index contributed by atoms with van der Waals surface area (Å²) >= 11 is 0. The van der Waals surface area contributed by atoms with E-state index in [2.05, 4.69) is 44.9 Å². The zero-order chi connectivity index (χ0) is 20.6. The smallest absolute Gasteiger partial charge is 0.156 e. The normalized spacial score (nSPS) is 17.4. The molecule has 0 aromatic carbocycles. The van der Waals surface area contributed by atoms with Gasteiger partial charge in [0.2, 0.25) is 0 Å². The maximum absolute atomic E-state index is 11.3. The number of aromatic nitrogens is 4. The number of carbonyl (C=O) groups is 1. The van der Waals surface area contributed by atoms with Crippen molar-refractivity contribution < 1.29 is 4.79 Å². The minimum atomic E-state index is -0.435. The Kier molecular flexibility index (Phi) is 5.08. The SMILES string of the molecule is CN(C)C1CCN(c2cc(-c3cnc4[nH]cc(CC(C)(C)C=O)c4n3)ccn2)C1. The van der Waals surface area contributed by atoms with E-state index in [1.165, 1.54) is 0 Å². The number of aldehydes is 1. The van der Waals surface area contributed by atoms with Crippen molar-refractivity contribution in [1.29, 1.82) is 0 Å². The van der Waals surface area contributed by atoms with Crippen molar-refractivity contribution in [2.45, 2.75) is 32.7 Å². The van der Waals surface area contributed by atoms with Gasteiger partial charge in [-0.1, -0.05) is 13.8 Å². The molecule has 7 nitrogen and oxygen atoms in total. The Morgan fingerprint density at radius 2 is 2.17 bits per heavy atom. The summed E-state index contributed by atoms with van der Waals surface area (Å²) in [6, 6.07) is 4.62. The van der Waals surface area contributed by atoms with Crippen LogP contribution in [0.5, 0.6) is 0 Å². The number of likely N-dealkylation sites (N-methyl/N-ethyl adjacent to an activating group) is 1. The highest BCUT2D eigenvalue weighted by Crippen LogP contribution is 2.28. The lowest BCUT2D eigenvalue weighted by atomic mass is 9.88. The van der Waals surface area contributed by atoms with E-state index in [1.54, 1.807) is 6.20 Å². The number of hydrogen-bond acceptors (Lipinski definition) is 6. The fraction of sp³-hybridized carbons (Fsp3) is 0.455. The number of rotatable bonds is 6. The van der Waals surface area contributed by atoms with Gasteiger partial charge in [0.05, 0.1) is 11.9 Å². The average Bonchev–Trinajstić information content (AvgIpc) is 3.35. The van der Waals surface area contributed by atoms with Crippen LogP contribution in [0.4, 0.5) is 5.82 Å². The van der Waals surface area contributed by atoms with Gasteiger partial charge in [0.25, 0.3) is 0 Å². The van der Waals surface area contributed by atoms with Crippen LogP contribution in [-0.4, -0.2) is 64.3 Å². The van der Waals surface area contributed by atoms with Gasteiger partial charge in [0, 0.05) is 42.5 Å². The number of aromatic amines is 1. The van der Waals surface area contributed by atoms with Crippen LogP contribution < -0.4 is 4.90 Å². The zero-order valence-corrected chi connectivity index (χ0v) is 17.5. The van der Waals surface area contributed by atoms with Crippen molar-refractivity contribution in [3.8, 4) is 11.3 Å². The van der Waals surface area contributed by atoms with Crippen molar-refractivity contribution in [2.24, 2.45) is 5.41 Å². The Bertz CT molecular complexity index is 1030. The van der Waals surface area contributed by atoms with Gasteiger partial charge in [-0.2, -0.15) is 0 Å². The maximum Gasteiger partial charge on any atom is 0.156 e. The first kappa shape index (κ1) is 19.5. The molecule has 152 valence electrons. The molecule has 0 saturated carbocycles. The molecule has 1 N–H and O–H groups in total. The van der Waals surface area contributed by atoms with E-state index in [0.29, 0.717) is 12.5 Å². The summed E-state index contributed by atoms with van der Waals surface area (Å²) in [5.74, 6) is 0.977. The third-order valence-corrected chi connectivity index (χ3v) is 5.68. The summed E-state index contributed by atoms with van der Waals surface area (Å²) in [4.78, 5) is 33.1. The number of carbonyl (C=O) groups excluding carboxylic acids is 1. The number of nitrogens with one attached hydrogen (secondary N) is 1. The summed E-state index contributed by atoms with van der Waals surface area (Å²) in [7, 11) is 4.26. The lowest BCUT2D eigenvalue weighted by Gasteiger charge is -2.21. The minimum Gasteiger partial charge on any atom is -0.355 e. The van der Waals surface area contributed by atoms with E-state index in [0.717, 1.165) is 59.6 Å². The number of fused-ring (bicyclic) bond motifs is 1. The molecule has 7 heteroatoms. The summed E-state index contributed by atoms with van der Waals surface area (Å²) in [5.41, 5.74) is 3.95. The van der Waals surface area contributed by atoms with E-state index < -0.39 is 5.41 Å². The van der Waals surface area contributed by atoms with Gasteiger partial charge >= 0.3 is 0 Å². The lowest BCUT2D eigenvalue weighted by molar-refractivity contribution is -0.114. The third-order valence-electron chi connectivity index (χ3n) is 5.68. The highest BCUT2D eigenvalue weighted by molar-refractivity contribution is 5.79. The molecule has 0 amide bonds. The van der Waals surface area contributed by atoms with Gasteiger partial charge in [0.15, 0.2) is 5.65 Å². The Hall–Kier alpha value is -2.80. The molecule has 1 fully saturated rings. The van der Waals surface area contributed by atoms with Crippen molar-refractivity contribution >= 4 is 23.3 Å². The quantitative estimate of drug-likeness (QED) is 0.650. The highest BCUT2D eigenvalue weighted by Gasteiger charge is 2.25. The number of hydrogen-bond donors (Lipinski definition) is 1. The summed E-state index contributed by atoms with van der Waals surface area (Å²) < 4.78 is 0. The molecule has 1 aliphatic heterocycles. The van der Waals surface area contributed by atoms with Crippen LogP contribution >= 0.6 is 0 Å². The molecule has 1 saturated heterocycles. The monoisotopic (exact) mass is 392 g/mol. The minimum absolute atomic E-state index is 0.435. The van der Waals surface area contributed by atoms with Crippen molar-refractivity contribution in [3.05, 3.63) is 36.3 Å². The van der Waals surface area contributed by atoms with E-state index >= 15 is 0 Å². The number of anilines is 1.